The number of hydrogen-bond donors (Lipinski definition) is 2. The zero-order chi connectivity index (χ0) is 22.6. The number of ether oxygens (including phenoxy) is 1. The Morgan fingerprint density at radius 3 is 2.42 bits per heavy atom. The van der Waals surface area contributed by atoms with Gasteiger partial charge in [-0.25, -0.2) is 4.98 Å². The third kappa shape index (κ3) is 5.47. The van der Waals surface area contributed by atoms with E-state index in [-0.39, 0.29) is 18.7 Å². The molecule has 0 aliphatic carbocycles. The molecule has 166 valence electrons. The highest BCUT2D eigenvalue weighted by molar-refractivity contribution is 7.18. The molecule has 0 aliphatic heterocycles. The van der Waals surface area contributed by atoms with E-state index in [9.17, 15) is 31.9 Å². The van der Waals surface area contributed by atoms with Gasteiger partial charge in [-0.1, -0.05) is 24.3 Å². The summed E-state index contributed by atoms with van der Waals surface area (Å²) in [7, 11) is 0. The fourth-order valence-corrected chi connectivity index (χ4v) is 3.90. The third-order valence-electron chi connectivity index (χ3n) is 4.42. The Hall–Kier alpha value is -2.79. The van der Waals surface area contributed by atoms with Crippen LogP contribution in [0.2, 0.25) is 0 Å². The Morgan fingerprint density at radius 2 is 1.81 bits per heavy atom. The lowest BCUT2D eigenvalue weighted by Crippen LogP contribution is -2.46. The van der Waals surface area contributed by atoms with Crippen LogP contribution in [0.4, 0.5) is 22.0 Å². The SMILES string of the molecule is O=C(C[C@@](O)(c1nc2ccccc2s1)C(F)(F)F)NCCc1ccc(OC(F)F)cc1. The van der Waals surface area contributed by atoms with Gasteiger partial charge < -0.3 is 15.2 Å². The number of para-hydroxylation sites is 1. The van der Waals surface area contributed by atoms with E-state index in [0.717, 1.165) is 0 Å². The van der Waals surface area contributed by atoms with Crippen molar-refractivity contribution in [2.75, 3.05) is 6.54 Å². The van der Waals surface area contributed by atoms with E-state index >= 15 is 0 Å². The van der Waals surface area contributed by atoms with Gasteiger partial charge in [-0.2, -0.15) is 22.0 Å². The minimum absolute atomic E-state index is 0.0122. The number of nitrogens with one attached hydrogen (secondary N) is 1. The number of aromatic nitrogens is 1. The highest BCUT2D eigenvalue weighted by Gasteiger charge is 2.58. The lowest BCUT2D eigenvalue weighted by atomic mass is 9.99. The van der Waals surface area contributed by atoms with Crippen LogP contribution >= 0.6 is 11.3 Å². The van der Waals surface area contributed by atoms with Crippen molar-refractivity contribution >= 4 is 27.5 Å². The first-order valence-electron chi connectivity index (χ1n) is 9.04. The molecule has 1 heterocycles. The van der Waals surface area contributed by atoms with Crippen LogP contribution in [0.15, 0.2) is 48.5 Å². The summed E-state index contributed by atoms with van der Waals surface area (Å²) in [6, 6.07) is 12.0. The maximum absolute atomic E-state index is 13.7. The molecular weight excluding hydrogens is 443 g/mol. The Labute approximate surface area is 177 Å². The molecule has 0 radical (unpaired) electrons. The quantitative estimate of drug-likeness (QED) is 0.489. The zero-order valence-corrected chi connectivity index (χ0v) is 16.6. The minimum Gasteiger partial charge on any atom is -0.435 e. The molecule has 0 spiro atoms. The predicted octanol–water partition coefficient (Wildman–Crippen LogP) is 4.40. The van der Waals surface area contributed by atoms with E-state index in [2.05, 4.69) is 15.0 Å². The molecule has 3 rings (SSSR count). The summed E-state index contributed by atoms with van der Waals surface area (Å²) in [6.45, 7) is -2.96. The van der Waals surface area contributed by atoms with Crippen molar-refractivity contribution in [3.05, 3.63) is 59.1 Å². The number of rotatable bonds is 8. The van der Waals surface area contributed by atoms with E-state index in [1.54, 1.807) is 18.2 Å². The molecule has 11 heteroatoms. The average molecular weight is 460 g/mol. The summed E-state index contributed by atoms with van der Waals surface area (Å²) in [5.41, 5.74) is -2.47. The van der Waals surface area contributed by atoms with Gasteiger partial charge in [-0.3, -0.25) is 4.79 Å². The molecule has 0 fully saturated rings. The number of hydrogen-bond acceptors (Lipinski definition) is 5. The minimum atomic E-state index is -5.11. The van der Waals surface area contributed by atoms with Gasteiger partial charge in [0, 0.05) is 6.54 Å². The highest BCUT2D eigenvalue weighted by atomic mass is 32.1. The summed E-state index contributed by atoms with van der Waals surface area (Å²) in [5.74, 6) is -1.04. The van der Waals surface area contributed by atoms with Crippen molar-refractivity contribution < 1.29 is 36.6 Å². The first-order valence-corrected chi connectivity index (χ1v) is 9.86. The standard InChI is InChI=1S/C20H17F5N2O3S/c21-18(22)30-13-7-5-12(6-8-13)9-10-26-16(28)11-19(29,20(23,24)25)17-27-14-3-1-2-4-15(14)31-17/h1-8,18,29H,9-11H2,(H,26,28)/t19-/m1/s1. The topological polar surface area (TPSA) is 71.5 Å². The predicted molar refractivity (Wildman–Crippen MR) is 104 cm³/mol. The number of amides is 1. The van der Waals surface area contributed by atoms with Crippen LogP contribution < -0.4 is 10.1 Å². The van der Waals surface area contributed by atoms with Crippen LogP contribution in [0.5, 0.6) is 5.75 Å². The smallest absolute Gasteiger partial charge is 0.424 e. The monoisotopic (exact) mass is 460 g/mol. The maximum Gasteiger partial charge on any atom is 0.424 e. The van der Waals surface area contributed by atoms with E-state index in [0.29, 0.717) is 27.1 Å². The van der Waals surface area contributed by atoms with Gasteiger partial charge in [-0.15, -0.1) is 11.3 Å². The molecule has 0 saturated heterocycles. The van der Waals surface area contributed by atoms with Crippen molar-refractivity contribution in [1.82, 2.24) is 10.3 Å². The van der Waals surface area contributed by atoms with Crippen LogP contribution in [0.3, 0.4) is 0 Å². The maximum atomic E-state index is 13.7. The van der Waals surface area contributed by atoms with E-state index in [1.165, 1.54) is 30.3 Å². The molecule has 1 aromatic heterocycles. The number of carbonyl (C=O) groups is 1. The lowest BCUT2D eigenvalue weighted by Gasteiger charge is -2.27. The summed E-state index contributed by atoms with van der Waals surface area (Å²) in [5, 5.41) is 12.1. The second kappa shape index (κ2) is 9.15. The number of nitrogens with zero attached hydrogens (tertiary/aromatic N) is 1. The Bertz CT molecular complexity index is 1010. The Kier molecular flexibility index (Phi) is 6.75. The van der Waals surface area contributed by atoms with Crippen molar-refractivity contribution in [2.45, 2.75) is 31.2 Å². The molecule has 0 aliphatic rings. The molecular formula is C20H17F5N2O3S. The van der Waals surface area contributed by atoms with Gasteiger partial charge in [-0.05, 0) is 36.2 Å². The third-order valence-corrected chi connectivity index (χ3v) is 5.60. The number of benzene rings is 2. The van der Waals surface area contributed by atoms with Crippen LogP contribution in [0.25, 0.3) is 10.2 Å². The summed E-state index contributed by atoms with van der Waals surface area (Å²) in [4.78, 5) is 16.0. The molecule has 31 heavy (non-hydrogen) atoms. The van der Waals surface area contributed by atoms with Gasteiger partial charge >= 0.3 is 12.8 Å². The van der Waals surface area contributed by atoms with Crippen LogP contribution in [0.1, 0.15) is 17.0 Å². The van der Waals surface area contributed by atoms with E-state index in [4.69, 9.17) is 0 Å². The van der Waals surface area contributed by atoms with Gasteiger partial charge in [0.15, 0.2) is 0 Å². The second-order valence-corrected chi connectivity index (χ2v) is 7.67. The van der Waals surface area contributed by atoms with Gasteiger partial charge in [0.1, 0.15) is 10.8 Å². The van der Waals surface area contributed by atoms with Gasteiger partial charge in [0.2, 0.25) is 11.5 Å². The van der Waals surface area contributed by atoms with Gasteiger partial charge in [0.05, 0.1) is 16.6 Å². The highest BCUT2D eigenvalue weighted by Crippen LogP contribution is 2.44. The molecule has 2 aromatic carbocycles. The molecule has 0 bridgehead atoms. The second-order valence-electron chi connectivity index (χ2n) is 6.64. The number of fused-ring (bicyclic) bond motifs is 1. The van der Waals surface area contributed by atoms with Crippen LogP contribution in [-0.4, -0.2) is 35.3 Å². The molecule has 0 saturated carbocycles. The molecule has 1 amide bonds. The Balaban J connectivity index is 1.63. The molecule has 3 aromatic rings. The van der Waals surface area contributed by atoms with E-state index < -0.39 is 35.7 Å². The number of thiazole rings is 1. The van der Waals surface area contributed by atoms with Crippen LogP contribution in [-0.2, 0) is 16.8 Å². The van der Waals surface area contributed by atoms with E-state index in [1.807, 2.05) is 0 Å². The molecule has 2 N–H and O–H groups in total. The molecule has 5 nitrogen and oxygen atoms in total. The summed E-state index contributed by atoms with van der Waals surface area (Å²) in [6.07, 6.45) is -6.11. The van der Waals surface area contributed by atoms with Crippen LogP contribution in [0, 0.1) is 0 Å². The van der Waals surface area contributed by atoms with Crippen molar-refractivity contribution in [3.8, 4) is 5.75 Å². The van der Waals surface area contributed by atoms with Crippen molar-refractivity contribution in [1.29, 1.82) is 0 Å². The normalized spacial score (nSPS) is 13.9. The number of aliphatic hydroxyl groups is 1. The largest absolute Gasteiger partial charge is 0.435 e. The number of carbonyl (C=O) groups excluding carboxylic acids is 1. The summed E-state index contributed by atoms with van der Waals surface area (Å²) >= 11 is 0.673. The molecule has 0 unspecified atom stereocenters. The fourth-order valence-electron chi connectivity index (χ4n) is 2.82. The first kappa shape index (κ1) is 22.9. The molecule has 1 atom stereocenters. The van der Waals surface area contributed by atoms with Crippen molar-refractivity contribution in [2.24, 2.45) is 0 Å². The number of alkyl halides is 5. The lowest BCUT2D eigenvalue weighted by molar-refractivity contribution is -0.267. The average Bonchev–Trinajstić information content (AvgIpc) is 3.13. The number of halogens is 5. The summed E-state index contributed by atoms with van der Waals surface area (Å²) < 4.78 is 70.0. The van der Waals surface area contributed by atoms with Crippen molar-refractivity contribution in [3.63, 3.8) is 0 Å². The Morgan fingerprint density at radius 1 is 1.13 bits per heavy atom. The zero-order valence-electron chi connectivity index (χ0n) is 15.8. The first-order chi connectivity index (χ1) is 14.6. The van der Waals surface area contributed by atoms with Gasteiger partial charge in [0.25, 0.3) is 0 Å². The fraction of sp³-hybridized carbons (Fsp3) is 0.300.